The Morgan fingerprint density at radius 1 is 1.50 bits per heavy atom. The van der Waals surface area contributed by atoms with Gasteiger partial charge < -0.3 is 4.74 Å². The Bertz CT molecular complexity index is 376. The van der Waals surface area contributed by atoms with E-state index < -0.39 is 4.92 Å². The Morgan fingerprint density at radius 3 is 2.71 bits per heavy atom. The van der Waals surface area contributed by atoms with Crippen molar-refractivity contribution in [2.75, 3.05) is 0 Å². The lowest BCUT2D eigenvalue weighted by Gasteiger charge is -2.05. The normalized spacial score (nSPS) is 15.2. The summed E-state index contributed by atoms with van der Waals surface area (Å²) in [7, 11) is 0. The van der Waals surface area contributed by atoms with E-state index in [0.717, 1.165) is 22.2 Å². The van der Waals surface area contributed by atoms with Crippen LogP contribution in [0.1, 0.15) is 12.8 Å². The van der Waals surface area contributed by atoms with Crippen LogP contribution in [0, 0.1) is 13.7 Å². The number of benzene rings is 1. The standard InChI is InChI=1S/C9H8INO3/c10-8-5-6(11(12)13)1-4-9(8)14-7-2-3-7/h1,4-5,7H,2-3H2. The molecule has 1 aliphatic carbocycles. The quantitative estimate of drug-likeness (QED) is 0.490. The molecular weight excluding hydrogens is 297 g/mol. The molecule has 0 aliphatic heterocycles. The van der Waals surface area contributed by atoms with E-state index in [-0.39, 0.29) is 5.69 Å². The number of hydrogen-bond donors (Lipinski definition) is 0. The Hall–Kier alpha value is -0.850. The van der Waals surface area contributed by atoms with E-state index >= 15 is 0 Å². The zero-order valence-corrected chi connectivity index (χ0v) is 9.43. The molecule has 0 amide bonds. The number of non-ortho nitro benzene ring substituents is 1. The Morgan fingerprint density at radius 2 is 2.21 bits per heavy atom. The summed E-state index contributed by atoms with van der Waals surface area (Å²) >= 11 is 2.05. The minimum Gasteiger partial charge on any atom is -0.489 e. The first kappa shape index (κ1) is 9.70. The highest BCUT2D eigenvalue weighted by Gasteiger charge is 2.24. The van der Waals surface area contributed by atoms with Crippen LogP contribution in [0.4, 0.5) is 5.69 Å². The van der Waals surface area contributed by atoms with Crippen molar-refractivity contribution in [3.05, 3.63) is 31.9 Å². The fourth-order valence-corrected chi connectivity index (χ4v) is 1.69. The van der Waals surface area contributed by atoms with E-state index in [0.29, 0.717) is 6.10 Å². The van der Waals surface area contributed by atoms with Crippen LogP contribution in [0.15, 0.2) is 18.2 Å². The van der Waals surface area contributed by atoms with Crippen LogP contribution in [0.5, 0.6) is 5.75 Å². The Kier molecular flexibility index (Phi) is 2.58. The molecule has 0 heterocycles. The smallest absolute Gasteiger partial charge is 0.270 e. The van der Waals surface area contributed by atoms with E-state index in [1.165, 1.54) is 12.1 Å². The van der Waals surface area contributed by atoms with Gasteiger partial charge in [0.1, 0.15) is 5.75 Å². The highest BCUT2D eigenvalue weighted by atomic mass is 127. The fraction of sp³-hybridized carbons (Fsp3) is 0.333. The molecule has 0 unspecified atom stereocenters. The zero-order chi connectivity index (χ0) is 10.1. The van der Waals surface area contributed by atoms with Crippen molar-refractivity contribution >= 4 is 28.3 Å². The van der Waals surface area contributed by atoms with Crippen molar-refractivity contribution in [2.24, 2.45) is 0 Å². The van der Waals surface area contributed by atoms with Crippen LogP contribution in [0.2, 0.25) is 0 Å². The van der Waals surface area contributed by atoms with E-state index in [4.69, 9.17) is 4.74 Å². The fourth-order valence-electron chi connectivity index (χ4n) is 1.06. The summed E-state index contributed by atoms with van der Waals surface area (Å²) in [6.45, 7) is 0. The lowest BCUT2D eigenvalue weighted by atomic mass is 10.3. The van der Waals surface area contributed by atoms with Crippen molar-refractivity contribution in [1.29, 1.82) is 0 Å². The van der Waals surface area contributed by atoms with Crippen LogP contribution in [-0.4, -0.2) is 11.0 Å². The van der Waals surface area contributed by atoms with Crippen LogP contribution in [0.25, 0.3) is 0 Å². The topological polar surface area (TPSA) is 52.4 Å². The van der Waals surface area contributed by atoms with Crippen molar-refractivity contribution in [2.45, 2.75) is 18.9 Å². The monoisotopic (exact) mass is 305 g/mol. The summed E-state index contributed by atoms with van der Waals surface area (Å²) in [5.74, 6) is 0.749. The van der Waals surface area contributed by atoms with Crippen LogP contribution in [0.3, 0.4) is 0 Å². The summed E-state index contributed by atoms with van der Waals surface area (Å²) in [5.41, 5.74) is 0.109. The van der Waals surface area contributed by atoms with E-state index in [2.05, 4.69) is 22.6 Å². The molecule has 1 aliphatic rings. The summed E-state index contributed by atoms with van der Waals surface area (Å²) in [6, 6.07) is 4.66. The van der Waals surface area contributed by atoms with Gasteiger partial charge in [-0.2, -0.15) is 0 Å². The van der Waals surface area contributed by atoms with Gasteiger partial charge in [0, 0.05) is 12.1 Å². The van der Waals surface area contributed by atoms with Crippen molar-refractivity contribution in [1.82, 2.24) is 0 Å². The van der Waals surface area contributed by atoms with Crippen LogP contribution in [-0.2, 0) is 0 Å². The lowest BCUT2D eigenvalue weighted by Crippen LogP contribution is -1.98. The van der Waals surface area contributed by atoms with Crippen molar-refractivity contribution < 1.29 is 9.66 Å². The number of nitrogens with zero attached hydrogens (tertiary/aromatic N) is 1. The minimum atomic E-state index is -0.400. The van der Waals surface area contributed by atoms with Gasteiger partial charge in [0.05, 0.1) is 14.6 Å². The number of nitro groups is 1. The maximum Gasteiger partial charge on any atom is 0.270 e. The van der Waals surface area contributed by atoms with Crippen molar-refractivity contribution in [3.63, 3.8) is 0 Å². The molecular formula is C9H8INO3. The van der Waals surface area contributed by atoms with Crippen LogP contribution >= 0.6 is 22.6 Å². The first-order valence-corrected chi connectivity index (χ1v) is 5.35. The highest BCUT2D eigenvalue weighted by Crippen LogP contribution is 2.31. The SMILES string of the molecule is O=[N+]([O-])c1ccc(OC2CC2)c(I)c1. The number of nitro benzene ring substituents is 1. The largest absolute Gasteiger partial charge is 0.489 e. The maximum atomic E-state index is 10.5. The average Bonchev–Trinajstić information content (AvgIpc) is 2.92. The van der Waals surface area contributed by atoms with E-state index in [1.54, 1.807) is 6.07 Å². The second-order valence-electron chi connectivity index (χ2n) is 3.19. The number of ether oxygens (including phenoxy) is 1. The van der Waals surface area contributed by atoms with Gasteiger partial charge in [-0.05, 0) is 41.5 Å². The van der Waals surface area contributed by atoms with Gasteiger partial charge in [-0.25, -0.2) is 0 Å². The molecule has 1 saturated carbocycles. The molecule has 74 valence electrons. The maximum absolute atomic E-state index is 10.5. The van der Waals surface area contributed by atoms with Gasteiger partial charge in [-0.15, -0.1) is 0 Å². The second-order valence-corrected chi connectivity index (χ2v) is 4.35. The third kappa shape index (κ3) is 2.14. The molecule has 0 N–H and O–H groups in total. The third-order valence-corrected chi connectivity index (χ3v) is 2.79. The van der Waals surface area contributed by atoms with Gasteiger partial charge in [-0.1, -0.05) is 0 Å². The molecule has 0 radical (unpaired) electrons. The first-order chi connectivity index (χ1) is 6.66. The van der Waals surface area contributed by atoms with E-state index in [1.807, 2.05) is 0 Å². The molecule has 0 atom stereocenters. The molecule has 0 aromatic heterocycles. The molecule has 1 aromatic carbocycles. The summed E-state index contributed by atoms with van der Waals surface area (Å²) < 4.78 is 6.36. The summed E-state index contributed by atoms with van der Waals surface area (Å²) in [5, 5.41) is 10.5. The zero-order valence-electron chi connectivity index (χ0n) is 7.27. The Balaban J connectivity index is 2.21. The lowest BCUT2D eigenvalue weighted by molar-refractivity contribution is -0.385. The van der Waals surface area contributed by atoms with Gasteiger partial charge in [0.15, 0.2) is 0 Å². The molecule has 0 bridgehead atoms. The predicted molar refractivity (Wildman–Crippen MR) is 59.5 cm³/mol. The van der Waals surface area contributed by atoms with Crippen LogP contribution < -0.4 is 4.74 Å². The third-order valence-electron chi connectivity index (χ3n) is 1.94. The number of halogens is 1. The molecule has 0 spiro atoms. The van der Waals surface area contributed by atoms with Gasteiger partial charge in [-0.3, -0.25) is 10.1 Å². The summed E-state index contributed by atoms with van der Waals surface area (Å²) in [4.78, 5) is 10.1. The summed E-state index contributed by atoms with van der Waals surface area (Å²) in [6.07, 6.45) is 2.50. The number of rotatable bonds is 3. The second kappa shape index (κ2) is 3.72. The van der Waals surface area contributed by atoms with E-state index in [9.17, 15) is 10.1 Å². The molecule has 1 aromatic rings. The minimum absolute atomic E-state index is 0.109. The molecule has 1 fully saturated rings. The molecule has 0 saturated heterocycles. The molecule has 2 rings (SSSR count). The van der Waals surface area contributed by atoms with Gasteiger partial charge in [0.2, 0.25) is 0 Å². The Labute approximate surface area is 94.5 Å². The highest BCUT2D eigenvalue weighted by molar-refractivity contribution is 14.1. The predicted octanol–water partition coefficient (Wildman–Crippen LogP) is 2.74. The molecule has 5 heteroatoms. The molecule has 4 nitrogen and oxygen atoms in total. The first-order valence-electron chi connectivity index (χ1n) is 4.27. The van der Waals surface area contributed by atoms with Gasteiger partial charge in [0.25, 0.3) is 5.69 Å². The molecule has 14 heavy (non-hydrogen) atoms. The average molecular weight is 305 g/mol. The van der Waals surface area contributed by atoms with Gasteiger partial charge >= 0.3 is 0 Å². The number of hydrogen-bond acceptors (Lipinski definition) is 3. The van der Waals surface area contributed by atoms with Crippen molar-refractivity contribution in [3.8, 4) is 5.75 Å².